The fourth-order valence-corrected chi connectivity index (χ4v) is 1.28. The highest BCUT2D eigenvalue weighted by Crippen LogP contribution is 2.16. The van der Waals surface area contributed by atoms with Crippen LogP contribution in [0.2, 0.25) is 0 Å². The first-order valence-electron chi connectivity index (χ1n) is 3.46. The van der Waals surface area contributed by atoms with Crippen molar-refractivity contribution in [2.75, 3.05) is 20.8 Å². The summed E-state index contributed by atoms with van der Waals surface area (Å²) in [7, 11) is 5.35. The van der Waals surface area contributed by atoms with Gasteiger partial charge in [-0.3, -0.25) is 0 Å². The molecule has 1 rings (SSSR count). The molecule has 1 heterocycles. The Labute approximate surface area is 62.1 Å². The Kier molecular flexibility index (Phi) is 2.71. The third kappa shape index (κ3) is 1.33. The van der Waals surface area contributed by atoms with Gasteiger partial charge in [0.1, 0.15) is 20.1 Å². The first-order valence-corrected chi connectivity index (χ1v) is 3.46. The van der Waals surface area contributed by atoms with E-state index in [1.807, 2.05) is 7.85 Å². The van der Waals surface area contributed by atoms with Crippen LogP contribution in [-0.4, -0.2) is 46.9 Å². The largest absolute Gasteiger partial charge is 0.382 e. The van der Waals surface area contributed by atoms with E-state index in [0.717, 1.165) is 0 Å². The highest BCUT2D eigenvalue weighted by molar-refractivity contribution is 6.11. The third-order valence-corrected chi connectivity index (χ3v) is 1.93. The first kappa shape index (κ1) is 8.05. The number of rotatable bonds is 2. The summed E-state index contributed by atoms with van der Waals surface area (Å²) in [4.78, 5) is 0. The quantitative estimate of drug-likeness (QED) is 0.465. The Morgan fingerprint density at radius 3 is 2.50 bits per heavy atom. The van der Waals surface area contributed by atoms with Crippen molar-refractivity contribution in [3.8, 4) is 0 Å². The maximum absolute atomic E-state index is 5.31. The maximum atomic E-state index is 5.31. The van der Waals surface area contributed by atoms with E-state index in [2.05, 4.69) is 0 Å². The van der Waals surface area contributed by atoms with Crippen LogP contribution in [-0.2, 0) is 14.2 Å². The normalized spacial score (nSPS) is 40.4. The second-order valence-corrected chi connectivity index (χ2v) is 2.51. The lowest BCUT2D eigenvalue weighted by Crippen LogP contribution is -2.33. The molecule has 0 spiro atoms. The van der Waals surface area contributed by atoms with E-state index in [0.29, 0.717) is 6.61 Å². The average molecular weight is 144 g/mol. The van der Waals surface area contributed by atoms with Crippen molar-refractivity contribution in [1.29, 1.82) is 0 Å². The minimum Gasteiger partial charge on any atom is -0.382 e. The lowest BCUT2D eigenvalue weighted by molar-refractivity contribution is -0.00967. The van der Waals surface area contributed by atoms with Gasteiger partial charge in [0.25, 0.3) is 0 Å². The summed E-state index contributed by atoms with van der Waals surface area (Å²) in [5, 5.41) is 0. The summed E-state index contributed by atoms with van der Waals surface area (Å²) < 4.78 is 15.6. The van der Waals surface area contributed by atoms with Crippen LogP contribution in [0, 0.1) is 0 Å². The molecule has 1 saturated heterocycles. The van der Waals surface area contributed by atoms with Gasteiger partial charge in [0, 0.05) is 14.2 Å². The van der Waals surface area contributed by atoms with E-state index in [4.69, 9.17) is 14.2 Å². The molecule has 0 aromatic heterocycles. The van der Waals surface area contributed by atoms with Gasteiger partial charge in [-0.15, -0.1) is 0 Å². The summed E-state index contributed by atoms with van der Waals surface area (Å²) in [5.74, 6) is 0. The van der Waals surface area contributed by atoms with E-state index in [1.54, 1.807) is 14.2 Å². The molecule has 0 saturated carbocycles. The molecule has 1 unspecified atom stereocenters. The van der Waals surface area contributed by atoms with Crippen LogP contribution in [0.3, 0.4) is 0 Å². The molecule has 0 amide bonds. The first-order chi connectivity index (χ1) is 4.79. The Morgan fingerprint density at radius 1 is 1.40 bits per heavy atom. The molecule has 3 nitrogen and oxygen atoms in total. The van der Waals surface area contributed by atoms with Crippen LogP contribution in [0.4, 0.5) is 0 Å². The number of ether oxygens (including phenoxy) is 3. The van der Waals surface area contributed by atoms with Gasteiger partial charge < -0.3 is 14.2 Å². The monoisotopic (exact) mass is 144 g/mol. The summed E-state index contributed by atoms with van der Waals surface area (Å²) in [6.45, 7) is 0.649. The predicted molar refractivity (Wildman–Crippen MR) is 39.9 cm³/mol. The number of hydrogen-bond acceptors (Lipinski definition) is 3. The number of hydrogen-bond donors (Lipinski definition) is 0. The molecule has 0 aromatic rings. The van der Waals surface area contributed by atoms with Crippen molar-refractivity contribution in [3.63, 3.8) is 0 Å². The lowest BCUT2D eigenvalue weighted by atomic mass is 9.94. The zero-order chi connectivity index (χ0) is 7.56. The molecule has 4 heteroatoms. The van der Waals surface area contributed by atoms with Gasteiger partial charge >= 0.3 is 0 Å². The van der Waals surface area contributed by atoms with Gasteiger partial charge in [-0.05, 0) is 0 Å². The molecule has 0 bridgehead atoms. The van der Waals surface area contributed by atoms with Crippen LogP contribution in [0.25, 0.3) is 0 Å². The zero-order valence-corrected chi connectivity index (χ0v) is 6.66. The molecule has 0 N–H and O–H groups in total. The van der Waals surface area contributed by atoms with Gasteiger partial charge in [-0.2, -0.15) is 0 Å². The van der Waals surface area contributed by atoms with Gasteiger partial charge in [0.05, 0.1) is 12.6 Å². The molecule has 0 radical (unpaired) electrons. The Balaban J connectivity index is 2.45. The summed E-state index contributed by atoms with van der Waals surface area (Å²) in [5.41, 5.74) is 0. The summed E-state index contributed by atoms with van der Waals surface area (Å²) in [6, 6.07) is 0.162. The topological polar surface area (TPSA) is 27.7 Å². The average Bonchev–Trinajstić information content (AvgIpc) is 2.30. The van der Waals surface area contributed by atoms with Crippen LogP contribution in [0.5, 0.6) is 0 Å². The second-order valence-electron chi connectivity index (χ2n) is 2.51. The lowest BCUT2D eigenvalue weighted by Gasteiger charge is -2.17. The van der Waals surface area contributed by atoms with Gasteiger partial charge in [0.2, 0.25) is 0 Å². The smallest absolute Gasteiger partial charge is 0.142 e. The van der Waals surface area contributed by atoms with Crippen LogP contribution < -0.4 is 0 Å². The van der Waals surface area contributed by atoms with Crippen LogP contribution in [0.15, 0.2) is 0 Å². The Hall–Kier alpha value is -0.0551. The van der Waals surface area contributed by atoms with Crippen molar-refractivity contribution in [3.05, 3.63) is 0 Å². The molecule has 1 aliphatic heterocycles. The molecular formula is C6H13BO3. The highest BCUT2D eigenvalue weighted by Gasteiger charge is 2.34. The van der Waals surface area contributed by atoms with Crippen LogP contribution >= 0.6 is 0 Å². The number of methoxy groups -OCH3 is 2. The van der Waals surface area contributed by atoms with Gasteiger partial charge in [-0.1, -0.05) is 0 Å². The van der Waals surface area contributed by atoms with Crippen LogP contribution in [0.1, 0.15) is 0 Å². The molecule has 58 valence electrons. The molecule has 0 aromatic carbocycles. The van der Waals surface area contributed by atoms with Crippen molar-refractivity contribution in [2.45, 2.75) is 18.2 Å². The standard InChI is InChI=1S/C6H13BO3/c1-8-4-3-10-6(7)5(4)9-2/h4-6H,3,7H2,1-2H3/t4-,5?,6-/m1/s1. The Morgan fingerprint density at radius 2 is 2.10 bits per heavy atom. The van der Waals surface area contributed by atoms with E-state index in [-0.39, 0.29) is 18.2 Å². The second kappa shape index (κ2) is 3.37. The van der Waals surface area contributed by atoms with Crippen molar-refractivity contribution < 1.29 is 14.2 Å². The van der Waals surface area contributed by atoms with Gasteiger partial charge in [0.15, 0.2) is 0 Å². The van der Waals surface area contributed by atoms with E-state index < -0.39 is 0 Å². The summed E-state index contributed by atoms with van der Waals surface area (Å²) >= 11 is 0. The van der Waals surface area contributed by atoms with E-state index in [9.17, 15) is 0 Å². The molecule has 3 atom stereocenters. The molecule has 1 aliphatic rings. The van der Waals surface area contributed by atoms with Crippen molar-refractivity contribution in [1.82, 2.24) is 0 Å². The predicted octanol–water partition coefficient (Wildman–Crippen LogP) is -0.994. The molecule has 10 heavy (non-hydrogen) atoms. The third-order valence-electron chi connectivity index (χ3n) is 1.93. The molecule has 1 fully saturated rings. The molecule has 0 aliphatic carbocycles. The fourth-order valence-electron chi connectivity index (χ4n) is 1.28. The molecular weight excluding hydrogens is 131 g/mol. The summed E-state index contributed by atoms with van der Waals surface area (Å²) in [6.07, 6.45) is 0.213. The Bertz CT molecular complexity index is 109. The fraction of sp³-hybridized carbons (Fsp3) is 1.00. The van der Waals surface area contributed by atoms with Gasteiger partial charge in [-0.25, -0.2) is 0 Å². The van der Waals surface area contributed by atoms with Crippen molar-refractivity contribution >= 4 is 7.85 Å². The van der Waals surface area contributed by atoms with Crippen molar-refractivity contribution in [2.24, 2.45) is 0 Å². The SMILES string of the molecule is B[C@@H]1OC[C@@H](OC)C1OC. The minimum atomic E-state index is 0.102. The van der Waals surface area contributed by atoms with E-state index in [1.165, 1.54) is 0 Å². The zero-order valence-electron chi connectivity index (χ0n) is 6.66. The maximum Gasteiger partial charge on any atom is 0.142 e. The van der Waals surface area contributed by atoms with E-state index >= 15 is 0 Å². The highest BCUT2D eigenvalue weighted by atomic mass is 16.6. The minimum absolute atomic E-state index is 0.102.